The number of nitrogens with one attached hydrogen (secondary N) is 1. The molecule has 5 nitrogen and oxygen atoms in total. The Morgan fingerprint density at radius 3 is 2.41 bits per heavy atom. The number of halogens is 2. The standard InChI is InChI=1S/C10H10BrClN2O3/c1-6(15)13-9(10(11)14(16)17)7-2-4-8(12)5-3-7/h2-5,9-10H,1H3,(H,13,15)/t9-,10-/m1/s1. The summed E-state index contributed by atoms with van der Waals surface area (Å²) in [6.07, 6.45) is 0. The average molecular weight is 322 g/mol. The SMILES string of the molecule is CC(=O)N[C@H](c1ccc(Cl)cc1)[C@H](Br)[N+](=O)[O-]. The van der Waals surface area contributed by atoms with E-state index in [1.807, 2.05) is 0 Å². The van der Waals surface area contributed by atoms with E-state index in [1.54, 1.807) is 24.3 Å². The maximum Gasteiger partial charge on any atom is 0.289 e. The lowest BCUT2D eigenvalue weighted by molar-refractivity contribution is -0.497. The van der Waals surface area contributed by atoms with Crippen molar-refractivity contribution in [3.63, 3.8) is 0 Å². The quantitative estimate of drug-likeness (QED) is 0.401. The van der Waals surface area contributed by atoms with E-state index in [-0.39, 0.29) is 5.91 Å². The largest absolute Gasteiger partial charge is 0.342 e. The molecule has 1 rings (SSSR count). The van der Waals surface area contributed by atoms with Crippen LogP contribution >= 0.6 is 27.5 Å². The number of rotatable bonds is 4. The molecule has 0 aliphatic carbocycles. The summed E-state index contributed by atoms with van der Waals surface area (Å²) in [6.45, 7) is 1.31. The minimum atomic E-state index is -1.09. The van der Waals surface area contributed by atoms with Gasteiger partial charge in [0.1, 0.15) is 6.04 Å². The number of hydrogen-bond donors (Lipinski definition) is 1. The minimum absolute atomic E-state index is 0.337. The first kappa shape index (κ1) is 13.9. The van der Waals surface area contributed by atoms with Gasteiger partial charge in [0.05, 0.1) is 0 Å². The monoisotopic (exact) mass is 320 g/mol. The van der Waals surface area contributed by atoms with E-state index in [0.717, 1.165) is 0 Å². The van der Waals surface area contributed by atoms with Crippen molar-refractivity contribution in [2.45, 2.75) is 17.9 Å². The van der Waals surface area contributed by atoms with Crippen molar-refractivity contribution in [1.29, 1.82) is 0 Å². The van der Waals surface area contributed by atoms with Gasteiger partial charge in [0, 0.05) is 16.9 Å². The summed E-state index contributed by atoms with van der Waals surface area (Å²) in [5.74, 6) is -0.337. The summed E-state index contributed by atoms with van der Waals surface area (Å²) in [4.78, 5) is 20.2. The molecule has 1 aromatic carbocycles. The molecule has 0 heterocycles. The van der Waals surface area contributed by atoms with Crippen LogP contribution in [0.15, 0.2) is 24.3 Å². The van der Waals surface area contributed by atoms with Gasteiger partial charge in [0.2, 0.25) is 5.91 Å². The van der Waals surface area contributed by atoms with Crippen LogP contribution in [0.4, 0.5) is 0 Å². The van der Waals surface area contributed by atoms with Crippen LogP contribution < -0.4 is 5.32 Å². The molecule has 0 unspecified atom stereocenters. The van der Waals surface area contributed by atoms with Crippen LogP contribution in [0.5, 0.6) is 0 Å². The fraction of sp³-hybridized carbons (Fsp3) is 0.300. The molecule has 7 heteroatoms. The summed E-state index contributed by atoms with van der Waals surface area (Å²) >= 11 is 8.68. The number of benzene rings is 1. The second-order valence-electron chi connectivity index (χ2n) is 3.39. The number of nitro groups is 1. The molecule has 1 N–H and O–H groups in total. The van der Waals surface area contributed by atoms with Gasteiger partial charge in [-0.1, -0.05) is 23.7 Å². The van der Waals surface area contributed by atoms with E-state index < -0.39 is 15.9 Å². The van der Waals surface area contributed by atoms with Crippen molar-refractivity contribution in [3.8, 4) is 0 Å². The zero-order chi connectivity index (χ0) is 13.0. The van der Waals surface area contributed by atoms with Gasteiger partial charge in [-0.15, -0.1) is 0 Å². The summed E-state index contributed by atoms with van der Waals surface area (Å²) in [6, 6.07) is 5.78. The maximum atomic E-state index is 11.0. The van der Waals surface area contributed by atoms with Crippen molar-refractivity contribution in [2.24, 2.45) is 0 Å². The molecule has 0 aliphatic heterocycles. The highest BCUT2D eigenvalue weighted by Crippen LogP contribution is 2.24. The molecular formula is C10H10BrClN2O3. The zero-order valence-corrected chi connectivity index (χ0v) is 11.2. The van der Waals surface area contributed by atoms with Gasteiger partial charge in [0.15, 0.2) is 0 Å². The highest BCUT2D eigenvalue weighted by Gasteiger charge is 2.30. The molecule has 0 aromatic heterocycles. The molecule has 0 radical (unpaired) electrons. The van der Waals surface area contributed by atoms with E-state index in [4.69, 9.17) is 11.6 Å². The molecular weight excluding hydrogens is 311 g/mol. The predicted molar refractivity (Wildman–Crippen MR) is 67.7 cm³/mol. The van der Waals surface area contributed by atoms with Gasteiger partial charge >= 0.3 is 0 Å². The van der Waals surface area contributed by atoms with Crippen LogP contribution in [0.2, 0.25) is 5.02 Å². The molecule has 0 saturated carbocycles. The smallest absolute Gasteiger partial charge is 0.289 e. The van der Waals surface area contributed by atoms with E-state index in [2.05, 4.69) is 21.2 Å². The van der Waals surface area contributed by atoms with Gasteiger partial charge in [0.25, 0.3) is 4.95 Å². The lowest BCUT2D eigenvalue weighted by Gasteiger charge is -2.18. The van der Waals surface area contributed by atoms with Crippen molar-refractivity contribution in [3.05, 3.63) is 45.0 Å². The minimum Gasteiger partial charge on any atom is -0.342 e. The van der Waals surface area contributed by atoms with E-state index in [9.17, 15) is 14.9 Å². The van der Waals surface area contributed by atoms with Crippen LogP contribution in [0, 0.1) is 10.1 Å². The van der Waals surface area contributed by atoms with E-state index in [0.29, 0.717) is 10.6 Å². The fourth-order valence-corrected chi connectivity index (χ4v) is 1.89. The van der Waals surface area contributed by atoms with Gasteiger partial charge < -0.3 is 5.32 Å². The van der Waals surface area contributed by atoms with Crippen molar-refractivity contribution in [1.82, 2.24) is 5.32 Å². The third-order valence-electron chi connectivity index (χ3n) is 2.06. The number of alkyl halides is 1. The van der Waals surface area contributed by atoms with Crippen molar-refractivity contribution in [2.75, 3.05) is 0 Å². The Kier molecular flexibility index (Phi) is 4.89. The highest BCUT2D eigenvalue weighted by atomic mass is 79.9. The van der Waals surface area contributed by atoms with Gasteiger partial charge in [-0.2, -0.15) is 0 Å². The topological polar surface area (TPSA) is 72.2 Å². The molecule has 0 bridgehead atoms. The number of carbonyl (C=O) groups is 1. The lowest BCUT2D eigenvalue weighted by atomic mass is 10.1. The van der Waals surface area contributed by atoms with Crippen molar-refractivity contribution < 1.29 is 9.72 Å². The van der Waals surface area contributed by atoms with E-state index >= 15 is 0 Å². The Morgan fingerprint density at radius 1 is 1.47 bits per heavy atom. The van der Waals surface area contributed by atoms with Crippen LogP contribution in [0.1, 0.15) is 18.5 Å². The summed E-state index contributed by atoms with van der Waals surface area (Å²) in [5.41, 5.74) is 0.614. The first-order valence-corrected chi connectivity index (χ1v) is 6.01. The second kappa shape index (κ2) is 5.97. The highest BCUT2D eigenvalue weighted by molar-refractivity contribution is 9.09. The fourth-order valence-electron chi connectivity index (χ4n) is 1.32. The molecule has 92 valence electrons. The van der Waals surface area contributed by atoms with Crippen LogP contribution in [0.3, 0.4) is 0 Å². The first-order valence-electron chi connectivity index (χ1n) is 4.72. The number of amides is 1. The number of hydrogen-bond acceptors (Lipinski definition) is 3. The maximum absolute atomic E-state index is 11.0. The van der Waals surface area contributed by atoms with Crippen LogP contribution in [-0.4, -0.2) is 15.8 Å². The van der Waals surface area contributed by atoms with E-state index in [1.165, 1.54) is 6.92 Å². The Hall–Kier alpha value is -1.14. The molecule has 17 heavy (non-hydrogen) atoms. The van der Waals surface area contributed by atoms with Gasteiger partial charge in [-0.25, -0.2) is 0 Å². The first-order chi connectivity index (χ1) is 7.91. The third kappa shape index (κ3) is 3.98. The molecule has 0 aliphatic rings. The lowest BCUT2D eigenvalue weighted by Crippen LogP contribution is -2.35. The van der Waals surface area contributed by atoms with Crippen LogP contribution in [0.25, 0.3) is 0 Å². The second-order valence-corrected chi connectivity index (χ2v) is 4.76. The zero-order valence-electron chi connectivity index (χ0n) is 8.89. The predicted octanol–water partition coefficient (Wildman–Crippen LogP) is 2.51. The Bertz CT molecular complexity index is 424. The molecule has 2 atom stereocenters. The number of nitrogens with zero attached hydrogens (tertiary/aromatic N) is 1. The third-order valence-corrected chi connectivity index (χ3v) is 3.18. The molecule has 0 saturated heterocycles. The number of carbonyl (C=O) groups excluding carboxylic acids is 1. The summed E-state index contributed by atoms with van der Waals surface area (Å²) in [7, 11) is 0. The normalized spacial score (nSPS) is 13.8. The summed E-state index contributed by atoms with van der Waals surface area (Å²) < 4.78 is 0. The molecule has 0 spiro atoms. The van der Waals surface area contributed by atoms with Gasteiger partial charge in [-0.3, -0.25) is 14.9 Å². The van der Waals surface area contributed by atoms with Crippen molar-refractivity contribution >= 4 is 33.4 Å². The molecule has 0 fully saturated rings. The summed E-state index contributed by atoms with van der Waals surface area (Å²) in [5, 5.41) is 13.8. The molecule has 1 amide bonds. The Balaban J connectivity index is 3.01. The molecule has 1 aromatic rings. The Morgan fingerprint density at radius 2 is 2.00 bits per heavy atom. The van der Waals surface area contributed by atoms with Crippen LogP contribution in [-0.2, 0) is 4.79 Å². The Labute approximate surface area is 111 Å². The average Bonchev–Trinajstić information content (AvgIpc) is 2.26. The van der Waals surface area contributed by atoms with Gasteiger partial charge in [-0.05, 0) is 33.6 Å².